The summed E-state index contributed by atoms with van der Waals surface area (Å²) in [6, 6.07) is 3.12. The molecule has 23 heavy (non-hydrogen) atoms. The van der Waals surface area contributed by atoms with Crippen LogP contribution in [0.5, 0.6) is 5.88 Å². The largest absolute Gasteiger partial charge is 0.481 e. The summed E-state index contributed by atoms with van der Waals surface area (Å²) in [4.78, 5) is 4.16. The van der Waals surface area contributed by atoms with E-state index in [0.29, 0.717) is 31.8 Å². The van der Waals surface area contributed by atoms with Crippen molar-refractivity contribution < 1.29 is 18.3 Å². The van der Waals surface area contributed by atoms with Crippen molar-refractivity contribution in [1.82, 2.24) is 14.0 Å². The normalized spacial score (nSPS) is 22.7. The molecule has 2 N–H and O–H groups in total. The van der Waals surface area contributed by atoms with E-state index in [2.05, 4.69) is 9.71 Å². The molecule has 7 nitrogen and oxygen atoms in total. The second-order valence-electron chi connectivity index (χ2n) is 5.70. The van der Waals surface area contributed by atoms with Crippen molar-refractivity contribution in [3.63, 3.8) is 0 Å². The van der Waals surface area contributed by atoms with E-state index < -0.39 is 16.3 Å². The molecule has 1 heterocycles. The minimum Gasteiger partial charge on any atom is -0.481 e. The first-order chi connectivity index (χ1) is 10.9. The fourth-order valence-corrected chi connectivity index (χ4v) is 4.31. The number of hydrogen-bond donors (Lipinski definition) is 2. The van der Waals surface area contributed by atoms with Gasteiger partial charge in [0.2, 0.25) is 5.88 Å². The third-order valence-electron chi connectivity index (χ3n) is 4.27. The number of nitrogens with zero attached hydrogens (tertiary/aromatic N) is 2. The summed E-state index contributed by atoms with van der Waals surface area (Å²) in [5.74, 6) is 0.540. The minimum absolute atomic E-state index is 0.0607. The van der Waals surface area contributed by atoms with Gasteiger partial charge in [-0.15, -0.1) is 0 Å². The summed E-state index contributed by atoms with van der Waals surface area (Å²) in [7, 11) is -2.05. The summed E-state index contributed by atoms with van der Waals surface area (Å²) >= 11 is 0. The SMILES string of the molecule is CCN(CC)S(=O)(=O)N[C@@H](c1ccc(OC)nc1)C1CC(O)C1. The van der Waals surface area contributed by atoms with Crippen molar-refractivity contribution >= 4 is 10.2 Å². The molecule has 1 aliphatic carbocycles. The Morgan fingerprint density at radius 1 is 1.39 bits per heavy atom. The van der Waals surface area contributed by atoms with Crippen molar-refractivity contribution in [2.75, 3.05) is 20.2 Å². The van der Waals surface area contributed by atoms with Gasteiger partial charge in [-0.2, -0.15) is 17.4 Å². The van der Waals surface area contributed by atoms with Crippen LogP contribution in [0.25, 0.3) is 0 Å². The second-order valence-corrected chi connectivity index (χ2v) is 7.41. The summed E-state index contributed by atoms with van der Waals surface area (Å²) < 4.78 is 34.3. The van der Waals surface area contributed by atoms with Gasteiger partial charge in [0, 0.05) is 25.4 Å². The Morgan fingerprint density at radius 2 is 2.04 bits per heavy atom. The van der Waals surface area contributed by atoms with Crippen LogP contribution in [0, 0.1) is 5.92 Å². The highest BCUT2D eigenvalue weighted by atomic mass is 32.2. The number of aromatic nitrogens is 1. The van der Waals surface area contributed by atoms with Crippen LogP contribution < -0.4 is 9.46 Å². The molecular weight excluding hydrogens is 318 g/mol. The Balaban J connectivity index is 2.24. The Bertz CT molecular complexity index is 596. The average molecular weight is 343 g/mol. The molecule has 1 atom stereocenters. The fourth-order valence-electron chi connectivity index (χ4n) is 2.83. The van der Waals surface area contributed by atoms with E-state index in [0.717, 1.165) is 5.56 Å². The maximum atomic E-state index is 12.5. The lowest BCUT2D eigenvalue weighted by atomic mass is 9.76. The molecule has 1 aliphatic rings. The molecule has 8 heteroatoms. The van der Waals surface area contributed by atoms with E-state index in [-0.39, 0.29) is 12.0 Å². The van der Waals surface area contributed by atoms with E-state index in [9.17, 15) is 13.5 Å². The van der Waals surface area contributed by atoms with Gasteiger partial charge in [0.05, 0.1) is 19.3 Å². The Kier molecular flexibility index (Phi) is 5.96. The maximum Gasteiger partial charge on any atom is 0.279 e. The molecule has 0 aliphatic heterocycles. The lowest BCUT2D eigenvalue weighted by molar-refractivity contribution is 0.0277. The molecule has 0 spiro atoms. The van der Waals surface area contributed by atoms with E-state index in [1.165, 1.54) is 11.4 Å². The number of pyridine rings is 1. The molecule has 1 aromatic rings. The summed E-state index contributed by atoms with van der Waals surface area (Å²) in [5, 5.41) is 9.57. The van der Waals surface area contributed by atoms with Gasteiger partial charge >= 0.3 is 0 Å². The molecule has 0 unspecified atom stereocenters. The predicted molar refractivity (Wildman–Crippen MR) is 87.2 cm³/mol. The second kappa shape index (κ2) is 7.57. The van der Waals surface area contributed by atoms with Crippen LogP contribution in [-0.4, -0.2) is 49.1 Å². The van der Waals surface area contributed by atoms with Crippen LogP contribution in [0.2, 0.25) is 0 Å². The number of ether oxygens (including phenoxy) is 1. The highest BCUT2D eigenvalue weighted by Crippen LogP contribution is 2.38. The highest BCUT2D eigenvalue weighted by Gasteiger charge is 2.38. The predicted octanol–water partition coefficient (Wildman–Crippen LogP) is 1.08. The molecule has 0 aromatic carbocycles. The Labute approximate surface area is 137 Å². The zero-order valence-electron chi connectivity index (χ0n) is 13.8. The van der Waals surface area contributed by atoms with Gasteiger partial charge in [-0.1, -0.05) is 19.9 Å². The monoisotopic (exact) mass is 343 g/mol. The molecule has 1 aromatic heterocycles. The number of hydrogen-bond acceptors (Lipinski definition) is 5. The fraction of sp³-hybridized carbons (Fsp3) is 0.667. The van der Waals surface area contributed by atoms with Crippen molar-refractivity contribution in [2.24, 2.45) is 5.92 Å². The maximum absolute atomic E-state index is 12.5. The molecular formula is C15H25N3O4S. The lowest BCUT2D eigenvalue weighted by Gasteiger charge is -2.38. The quantitative estimate of drug-likeness (QED) is 0.737. The van der Waals surface area contributed by atoms with Crippen molar-refractivity contribution in [1.29, 1.82) is 0 Å². The Morgan fingerprint density at radius 3 is 2.48 bits per heavy atom. The number of aliphatic hydroxyl groups excluding tert-OH is 1. The molecule has 0 saturated heterocycles. The molecule has 130 valence electrons. The third-order valence-corrected chi connectivity index (χ3v) is 6.02. The smallest absolute Gasteiger partial charge is 0.279 e. The van der Waals surface area contributed by atoms with Crippen LogP contribution >= 0.6 is 0 Å². The average Bonchev–Trinajstić information content (AvgIpc) is 2.51. The van der Waals surface area contributed by atoms with E-state index in [1.54, 1.807) is 26.1 Å². The van der Waals surface area contributed by atoms with Crippen LogP contribution in [-0.2, 0) is 10.2 Å². The van der Waals surface area contributed by atoms with Crippen molar-refractivity contribution in [3.05, 3.63) is 23.9 Å². The first-order valence-corrected chi connectivity index (χ1v) is 9.30. The highest BCUT2D eigenvalue weighted by molar-refractivity contribution is 7.87. The lowest BCUT2D eigenvalue weighted by Crippen LogP contribution is -2.47. The molecule has 1 saturated carbocycles. The van der Waals surface area contributed by atoms with E-state index in [4.69, 9.17) is 4.74 Å². The number of rotatable bonds is 8. The van der Waals surface area contributed by atoms with Crippen LogP contribution in [0.1, 0.15) is 38.3 Å². The van der Waals surface area contributed by atoms with Gasteiger partial charge < -0.3 is 9.84 Å². The summed E-state index contributed by atoms with van der Waals surface area (Å²) in [6.45, 7) is 4.43. The van der Waals surface area contributed by atoms with Crippen LogP contribution in [0.15, 0.2) is 18.3 Å². The topological polar surface area (TPSA) is 91.8 Å². The first-order valence-electron chi connectivity index (χ1n) is 7.86. The molecule has 1 fully saturated rings. The number of aliphatic hydroxyl groups is 1. The minimum atomic E-state index is -3.58. The van der Waals surface area contributed by atoms with E-state index in [1.807, 2.05) is 6.07 Å². The van der Waals surface area contributed by atoms with Gasteiger partial charge in [-0.25, -0.2) is 4.98 Å². The summed E-state index contributed by atoms with van der Waals surface area (Å²) in [6.07, 6.45) is 2.43. The standard InChI is InChI=1S/C15H25N3O4S/c1-4-18(5-2)23(20,21)17-15(12-8-13(19)9-12)11-6-7-14(22-3)16-10-11/h6-7,10,12-13,15,17,19H,4-5,8-9H2,1-3H3/t12?,13?,15-/m0/s1. The van der Waals surface area contributed by atoms with Crippen molar-refractivity contribution in [3.8, 4) is 5.88 Å². The van der Waals surface area contributed by atoms with Gasteiger partial charge in [0.25, 0.3) is 10.2 Å². The molecule has 0 amide bonds. The van der Waals surface area contributed by atoms with Gasteiger partial charge in [-0.3, -0.25) is 0 Å². The van der Waals surface area contributed by atoms with Crippen molar-refractivity contribution in [2.45, 2.75) is 38.8 Å². The number of nitrogens with one attached hydrogen (secondary N) is 1. The molecule has 0 radical (unpaired) electrons. The first kappa shape index (κ1) is 18.1. The summed E-state index contributed by atoms with van der Waals surface area (Å²) in [5.41, 5.74) is 0.776. The Hall–Kier alpha value is -1.22. The number of methoxy groups -OCH3 is 1. The molecule has 0 bridgehead atoms. The third kappa shape index (κ3) is 4.20. The zero-order chi connectivity index (χ0) is 17.0. The van der Waals surface area contributed by atoms with Gasteiger partial charge in [0.1, 0.15) is 0 Å². The van der Waals surface area contributed by atoms with Crippen LogP contribution in [0.3, 0.4) is 0 Å². The van der Waals surface area contributed by atoms with Gasteiger partial charge in [0.15, 0.2) is 0 Å². The zero-order valence-corrected chi connectivity index (χ0v) is 14.6. The van der Waals surface area contributed by atoms with Crippen LogP contribution in [0.4, 0.5) is 0 Å². The molecule has 2 rings (SSSR count). The van der Waals surface area contributed by atoms with E-state index >= 15 is 0 Å². The van der Waals surface area contributed by atoms with Gasteiger partial charge in [-0.05, 0) is 24.3 Å².